The number of fused-ring (bicyclic) bond motifs is 1. The number of nitrogens with zero attached hydrogens (tertiary/aromatic N) is 1. The second-order valence-electron chi connectivity index (χ2n) is 10.1. The lowest BCUT2D eigenvalue weighted by Gasteiger charge is -2.26. The first-order chi connectivity index (χ1) is 16.5. The Labute approximate surface area is 201 Å². The third kappa shape index (κ3) is 4.72. The standard InChI is InChI=1S/C29H34FNO3/c1-19(31-13-12-20(16-30)17-31)18-34-26-9-4-22(5-10-26)29-27-11-8-25(33)14-23(27)15-28(29)21-2-6-24(32)7-3-21/h2,4-6,8-11,14,19-20,28-29,32-33H,3,7,12-13,15-18H2,1H3/t19-,20-,28+,29+/m0/s1. The van der Waals surface area contributed by atoms with Crippen LogP contribution in [0.1, 0.15) is 48.8 Å². The number of rotatable bonds is 7. The van der Waals surface area contributed by atoms with Crippen molar-refractivity contribution in [3.8, 4) is 11.5 Å². The number of phenols is 1. The Morgan fingerprint density at radius 3 is 2.62 bits per heavy atom. The fourth-order valence-electron chi connectivity index (χ4n) is 5.83. The fraction of sp³-hybridized carbons (Fsp3) is 0.448. The molecular weight excluding hydrogens is 429 g/mol. The third-order valence-electron chi connectivity index (χ3n) is 7.83. The highest BCUT2D eigenvalue weighted by atomic mass is 19.1. The van der Waals surface area contributed by atoms with E-state index in [1.807, 2.05) is 24.3 Å². The zero-order chi connectivity index (χ0) is 23.7. The van der Waals surface area contributed by atoms with Gasteiger partial charge >= 0.3 is 0 Å². The van der Waals surface area contributed by atoms with Crippen molar-refractivity contribution in [1.29, 1.82) is 0 Å². The van der Waals surface area contributed by atoms with E-state index in [1.54, 1.807) is 6.07 Å². The summed E-state index contributed by atoms with van der Waals surface area (Å²) in [5, 5.41) is 19.9. The number of halogens is 1. The summed E-state index contributed by atoms with van der Waals surface area (Å²) >= 11 is 0. The van der Waals surface area contributed by atoms with Crippen LogP contribution in [0, 0.1) is 11.8 Å². The van der Waals surface area contributed by atoms with Crippen molar-refractivity contribution in [2.75, 3.05) is 26.4 Å². The van der Waals surface area contributed by atoms with E-state index in [0.29, 0.717) is 30.5 Å². The number of likely N-dealkylation sites (tertiary alicyclic amines) is 1. The number of aromatic hydroxyl groups is 1. The van der Waals surface area contributed by atoms with Crippen molar-refractivity contribution in [3.05, 3.63) is 82.6 Å². The van der Waals surface area contributed by atoms with Gasteiger partial charge in [0.15, 0.2) is 0 Å². The van der Waals surface area contributed by atoms with Gasteiger partial charge in [-0.1, -0.05) is 29.8 Å². The van der Waals surface area contributed by atoms with Crippen molar-refractivity contribution in [3.63, 3.8) is 0 Å². The van der Waals surface area contributed by atoms with Crippen LogP contribution in [0.2, 0.25) is 0 Å². The van der Waals surface area contributed by atoms with Gasteiger partial charge < -0.3 is 14.9 Å². The highest BCUT2D eigenvalue weighted by Crippen LogP contribution is 2.48. The Morgan fingerprint density at radius 2 is 1.91 bits per heavy atom. The Balaban J connectivity index is 1.31. The summed E-state index contributed by atoms with van der Waals surface area (Å²) in [6.07, 6.45) is 7.27. The number of allylic oxidation sites excluding steroid dienone is 4. The van der Waals surface area contributed by atoms with E-state index < -0.39 is 0 Å². The first kappa shape index (κ1) is 23.0. The molecule has 4 nitrogen and oxygen atoms in total. The number of ether oxygens (including phenoxy) is 1. The van der Waals surface area contributed by atoms with Gasteiger partial charge in [0, 0.05) is 30.8 Å². The van der Waals surface area contributed by atoms with Gasteiger partial charge in [0.1, 0.15) is 18.1 Å². The van der Waals surface area contributed by atoms with Crippen LogP contribution >= 0.6 is 0 Å². The van der Waals surface area contributed by atoms with E-state index in [1.165, 1.54) is 22.3 Å². The van der Waals surface area contributed by atoms with Gasteiger partial charge in [0.25, 0.3) is 0 Å². The monoisotopic (exact) mass is 463 g/mol. The lowest BCUT2D eigenvalue weighted by atomic mass is 9.79. The van der Waals surface area contributed by atoms with Crippen molar-refractivity contribution in [1.82, 2.24) is 4.90 Å². The molecule has 3 aliphatic rings. The molecule has 0 aromatic heterocycles. The van der Waals surface area contributed by atoms with Gasteiger partial charge in [-0.2, -0.15) is 0 Å². The molecule has 0 bridgehead atoms. The van der Waals surface area contributed by atoms with Crippen molar-refractivity contribution in [2.24, 2.45) is 11.8 Å². The summed E-state index contributed by atoms with van der Waals surface area (Å²) in [4.78, 5) is 2.32. The Kier molecular flexibility index (Phi) is 6.64. The van der Waals surface area contributed by atoms with Crippen LogP contribution in [0.3, 0.4) is 0 Å². The highest BCUT2D eigenvalue weighted by molar-refractivity contribution is 5.50. The molecule has 1 heterocycles. The predicted molar refractivity (Wildman–Crippen MR) is 132 cm³/mol. The lowest BCUT2D eigenvalue weighted by Crippen LogP contribution is -2.35. The molecule has 34 heavy (non-hydrogen) atoms. The average Bonchev–Trinajstić information content (AvgIpc) is 3.48. The van der Waals surface area contributed by atoms with Crippen LogP contribution in [0.15, 0.2) is 65.9 Å². The van der Waals surface area contributed by atoms with Crippen LogP contribution in [-0.2, 0) is 6.42 Å². The molecule has 2 aromatic carbocycles. The molecule has 1 saturated heterocycles. The second-order valence-corrected chi connectivity index (χ2v) is 10.1. The SMILES string of the molecule is C[C@@H](COc1ccc([C@@H]2c3ccc(O)cc3C[C@@H]2C2=CC=C(O)CC2)cc1)N1CC[C@@H](CF)C1. The van der Waals surface area contributed by atoms with Crippen molar-refractivity contribution in [2.45, 2.75) is 44.6 Å². The Bertz CT molecular complexity index is 1080. The minimum Gasteiger partial charge on any atom is -0.512 e. The van der Waals surface area contributed by atoms with Crippen molar-refractivity contribution < 1.29 is 19.3 Å². The number of phenolic OH excluding ortho intramolecular Hbond substituents is 1. The van der Waals surface area contributed by atoms with E-state index in [4.69, 9.17) is 4.74 Å². The number of hydrogen-bond donors (Lipinski definition) is 2. The van der Waals surface area contributed by atoms with E-state index in [-0.39, 0.29) is 24.6 Å². The molecule has 1 aliphatic heterocycles. The highest BCUT2D eigenvalue weighted by Gasteiger charge is 2.36. The van der Waals surface area contributed by atoms with Crippen LogP contribution in [0.4, 0.5) is 4.39 Å². The fourth-order valence-corrected chi connectivity index (χ4v) is 5.83. The summed E-state index contributed by atoms with van der Waals surface area (Å²) in [5.74, 6) is 2.30. The largest absolute Gasteiger partial charge is 0.512 e. The molecule has 2 aromatic rings. The topological polar surface area (TPSA) is 52.9 Å². The number of hydrogen-bond acceptors (Lipinski definition) is 4. The molecule has 180 valence electrons. The number of aliphatic hydroxyl groups excluding tert-OH is 1. The molecular formula is C29H34FNO3. The Hall–Kier alpha value is -2.79. The molecule has 2 N–H and O–H groups in total. The summed E-state index contributed by atoms with van der Waals surface area (Å²) in [7, 11) is 0. The zero-order valence-corrected chi connectivity index (χ0v) is 19.8. The quantitative estimate of drug-likeness (QED) is 0.535. The predicted octanol–water partition coefficient (Wildman–Crippen LogP) is 5.92. The second kappa shape index (κ2) is 9.83. The van der Waals surface area contributed by atoms with Crippen molar-refractivity contribution >= 4 is 0 Å². The smallest absolute Gasteiger partial charge is 0.119 e. The number of alkyl halides is 1. The van der Waals surface area contributed by atoms with E-state index in [0.717, 1.165) is 38.1 Å². The molecule has 0 saturated carbocycles. The molecule has 5 heteroatoms. The normalized spacial score (nSPS) is 25.5. The van der Waals surface area contributed by atoms with E-state index in [2.05, 4.69) is 36.1 Å². The molecule has 0 radical (unpaired) electrons. The lowest BCUT2D eigenvalue weighted by molar-refractivity contribution is 0.165. The molecule has 0 unspecified atom stereocenters. The zero-order valence-electron chi connectivity index (χ0n) is 19.8. The molecule has 2 aliphatic carbocycles. The molecule has 1 fully saturated rings. The van der Waals surface area contributed by atoms with Gasteiger partial charge in [-0.3, -0.25) is 9.29 Å². The van der Waals surface area contributed by atoms with Crippen LogP contribution < -0.4 is 4.74 Å². The maximum atomic E-state index is 12.9. The molecule has 4 atom stereocenters. The number of benzene rings is 2. The van der Waals surface area contributed by atoms with Gasteiger partial charge in [0.05, 0.1) is 12.4 Å². The summed E-state index contributed by atoms with van der Waals surface area (Å²) in [6, 6.07) is 14.4. The third-order valence-corrected chi connectivity index (χ3v) is 7.83. The first-order valence-electron chi connectivity index (χ1n) is 12.4. The van der Waals surface area contributed by atoms with Gasteiger partial charge in [-0.05, 0) is 85.7 Å². The number of aliphatic hydroxyl groups is 1. The van der Waals surface area contributed by atoms with E-state index in [9.17, 15) is 14.6 Å². The summed E-state index contributed by atoms with van der Waals surface area (Å²) in [6.45, 7) is 4.27. The van der Waals surface area contributed by atoms with Gasteiger partial charge in [0.2, 0.25) is 0 Å². The maximum absolute atomic E-state index is 12.9. The molecule has 0 spiro atoms. The van der Waals surface area contributed by atoms with Crippen LogP contribution in [-0.4, -0.2) is 47.5 Å². The maximum Gasteiger partial charge on any atom is 0.119 e. The summed E-state index contributed by atoms with van der Waals surface area (Å²) < 4.78 is 19.0. The molecule has 5 rings (SSSR count). The molecule has 0 amide bonds. The van der Waals surface area contributed by atoms with Gasteiger partial charge in [-0.25, -0.2) is 0 Å². The average molecular weight is 464 g/mol. The minimum absolute atomic E-state index is 0.171. The van der Waals surface area contributed by atoms with Gasteiger partial charge in [-0.15, -0.1) is 0 Å². The van der Waals surface area contributed by atoms with Crippen LogP contribution in [0.25, 0.3) is 0 Å². The van der Waals surface area contributed by atoms with E-state index >= 15 is 0 Å². The van der Waals surface area contributed by atoms with Crippen LogP contribution in [0.5, 0.6) is 11.5 Å². The minimum atomic E-state index is -0.231. The first-order valence-corrected chi connectivity index (χ1v) is 12.4. The Morgan fingerprint density at radius 1 is 1.09 bits per heavy atom. The summed E-state index contributed by atoms with van der Waals surface area (Å²) in [5.41, 5.74) is 5.05.